The summed E-state index contributed by atoms with van der Waals surface area (Å²) in [6.07, 6.45) is 0.467. The monoisotopic (exact) mass is 337 g/mol. The van der Waals surface area contributed by atoms with E-state index in [4.69, 9.17) is 11.6 Å². The predicted octanol–water partition coefficient (Wildman–Crippen LogP) is 3.56. The molecule has 118 valence electrons. The van der Waals surface area contributed by atoms with Gasteiger partial charge in [0, 0.05) is 28.4 Å². The Balaban J connectivity index is 2.11. The van der Waals surface area contributed by atoms with Crippen molar-refractivity contribution in [1.29, 1.82) is 0 Å². The summed E-state index contributed by atoms with van der Waals surface area (Å²) in [4.78, 5) is 17.6. The summed E-state index contributed by atoms with van der Waals surface area (Å²) in [6, 6.07) is 7.56. The van der Waals surface area contributed by atoms with Gasteiger partial charge in [0.15, 0.2) is 0 Å². The Morgan fingerprint density at radius 3 is 2.68 bits per heavy atom. The van der Waals surface area contributed by atoms with Crippen molar-refractivity contribution >= 4 is 28.8 Å². The van der Waals surface area contributed by atoms with Crippen molar-refractivity contribution in [2.45, 2.75) is 26.3 Å². The van der Waals surface area contributed by atoms with E-state index in [2.05, 4.69) is 15.6 Å². The van der Waals surface area contributed by atoms with Gasteiger partial charge < -0.3 is 10.6 Å². The van der Waals surface area contributed by atoms with Crippen molar-refractivity contribution < 1.29 is 4.79 Å². The number of aromatic nitrogens is 1. The molecular formula is C16H20ClN3OS. The molecule has 0 saturated carbocycles. The van der Waals surface area contributed by atoms with Crippen LogP contribution in [0.5, 0.6) is 0 Å². The molecule has 1 aromatic heterocycles. The van der Waals surface area contributed by atoms with Gasteiger partial charge in [0.05, 0.1) is 11.7 Å². The number of thiazole rings is 1. The van der Waals surface area contributed by atoms with Crippen molar-refractivity contribution in [3.05, 3.63) is 39.2 Å². The Hall–Kier alpha value is -1.43. The molecule has 0 fully saturated rings. The van der Waals surface area contributed by atoms with Gasteiger partial charge in [0.1, 0.15) is 5.01 Å². The van der Waals surface area contributed by atoms with Gasteiger partial charge in [-0.25, -0.2) is 4.98 Å². The van der Waals surface area contributed by atoms with Crippen LogP contribution in [0.15, 0.2) is 24.3 Å². The number of carbonyl (C=O) groups is 1. The molecule has 0 radical (unpaired) electrons. The zero-order valence-electron chi connectivity index (χ0n) is 12.9. The van der Waals surface area contributed by atoms with E-state index in [-0.39, 0.29) is 11.9 Å². The maximum atomic E-state index is 11.8. The molecule has 4 nitrogen and oxygen atoms in total. The van der Waals surface area contributed by atoms with Crippen LogP contribution in [-0.4, -0.2) is 24.5 Å². The maximum absolute atomic E-state index is 11.8. The Labute approximate surface area is 139 Å². The molecule has 1 unspecified atom stereocenters. The van der Waals surface area contributed by atoms with Crippen LogP contribution in [0.4, 0.5) is 0 Å². The van der Waals surface area contributed by atoms with E-state index in [9.17, 15) is 4.79 Å². The van der Waals surface area contributed by atoms with Gasteiger partial charge in [0.25, 0.3) is 0 Å². The molecule has 6 heteroatoms. The topological polar surface area (TPSA) is 54.0 Å². The standard InChI is InChI=1S/C16H20ClN3OS/c1-10(19-14(21)8-9-18-3)16-20-15(11(2)22-16)12-4-6-13(17)7-5-12/h4-7,10,18H,8-9H2,1-3H3,(H,19,21). The van der Waals surface area contributed by atoms with Crippen molar-refractivity contribution in [1.82, 2.24) is 15.6 Å². The second-order valence-electron chi connectivity index (χ2n) is 5.11. The first-order chi connectivity index (χ1) is 10.5. The third-order valence-electron chi connectivity index (χ3n) is 3.28. The van der Waals surface area contributed by atoms with Crippen LogP contribution >= 0.6 is 22.9 Å². The van der Waals surface area contributed by atoms with Crippen molar-refractivity contribution in [2.24, 2.45) is 0 Å². The number of halogens is 1. The van der Waals surface area contributed by atoms with Crippen LogP contribution in [0, 0.1) is 6.92 Å². The summed E-state index contributed by atoms with van der Waals surface area (Å²) >= 11 is 7.54. The molecule has 0 spiro atoms. The number of nitrogens with zero attached hydrogens (tertiary/aromatic N) is 1. The largest absolute Gasteiger partial charge is 0.347 e. The van der Waals surface area contributed by atoms with Gasteiger partial charge >= 0.3 is 0 Å². The minimum atomic E-state index is -0.0888. The third kappa shape index (κ3) is 4.29. The van der Waals surface area contributed by atoms with E-state index in [1.807, 2.05) is 45.2 Å². The highest BCUT2D eigenvalue weighted by molar-refractivity contribution is 7.12. The quantitative estimate of drug-likeness (QED) is 0.847. The van der Waals surface area contributed by atoms with E-state index >= 15 is 0 Å². The summed E-state index contributed by atoms with van der Waals surface area (Å²) in [5.41, 5.74) is 1.99. The zero-order valence-corrected chi connectivity index (χ0v) is 14.5. The number of aryl methyl sites for hydroxylation is 1. The fourth-order valence-corrected chi connectivity index (χ4v) is 3.16. The Kier molecular flexibility index (Phi) is 5.94. The lowest BCUT2D eigenvalue weighted by Crippen LogP contribution is -2.28. The lowest BCUT2D eigenvalue weighted by molar-refractivity contribution is -0.121. The number of rotatable bonds is 6. The molecule has 1 amide bonds. The number of benzene rings is 1. The van der Waals surface area contributed by atoms with E-state index in [0.29, 0.717) is 18.0 Å². The summed E-state index contributed by atoms with van der Waals surface area (Å²) < 4.78 is 0. The highest BCUT2D eigenvalue weighted by Gasteiger charge is 2.16. The van der Waals surface area contributed by atoms with Gasteiger partial charge in [-0.05, 0) is 33.0 Å². The summed E-state index contributed by atoms with van der Waals surface area (Å²) in [5.74, 6) is 0.0303. The molecule has 0 aliphatic rings. The number of carbonyl (C=O) groups excluding carboxylic acids is 1. The normalized spacial score (nSPS) is 12.2. The van der Waals surface area contributed by atoms with Gasteiger partial charge in [-0.3, -0.25) is 4.79 Å². The SMILES string of the molecule is CNCCC(=O)NC(C)c1nc(-c2ccc(Cl)cc2)c(C)s1. The van der Waals surface area contributed by atoms with E-state index in [1.165, 1.54) is 0 Å². The average molecular weight is 338 g/mol. The molecule has 2 aromatic rings. The zero-order chi connectivity index (χ0) is 16.1. The molecule has 1 atom stereocenters. The second kappa shape index (κ2) is 7.72. The Morgan fingerprint density at radius 2 is 2.05 bits per heavy atom. The van der Waals surface area contributed by atoms with Gasteiger partial charge in [0.2, 0.25) is 5.91 Å². The number of hydrogen-bond acceptors (Lipinski definition) is 4. The lowest BCUT2D eigenvalue weighted by Gasteiger charge is -2.11. The molecule has 2 rings (SSSR count). The van der Waals surface area contributed by atoms with Crippen LogP contribution in [0.1, 0.15) is 29.3 Å². The molecule has 1 heterocycles. The maximum Gasteiger partial charge on any atom is 0.221 e. The van der Waals surface area contributed by atoms with Crippen LogP contribution in [0.2, 0.25) is 5.02 Å². The highest BCUT2D eigenvalue weighted by atomic mass is 35.5. The smallest absolute Gasteiger partial charge is 0.221 e. The van der Waals surface area contributed by atoms with E-state index < -0.39 is 0 Å². The van der Waals surface area contributed by atoms with Crippen LogP contribution < -0.4 is 10.6 Å². The molecule has 1 aromatic carbocycles. The molecular weight excluding hydrogens is 318 g/mol. The van der Waals surface area contributed by atoms with Gasteiger partial charge in [-0.15, -0.1) is 11.3 Å². The third-order valence-corrected chi connectivity index (χ3v) is 4.69. The average Bonchev–Trinajstić information content (AvgIpc) is 2.88. The first-order valence-corrected chi connectivity index (χ1v) is 8.38. The van der Waals surface area contributed by atoms with Crippen molar-refractivity contribution in [3.8, 4) is 11.3 Å². The molecule has 0 aliphatic heterocycles. The second-order valence-corrected chi connectivity index (χ2v) is 6.78. The molecule has 0 aliphatic carbocycles. The molecule has 0 bridgehead atoms. The first-order valence-electron chi connectivity index (χ1n) is 7.18. The fraction of sp³-hybridized carbons (Fsp3) is 0.375. The van der Waals surface area contributed by atoms with Crippen molar-refractivity contribution in [2.75, 3.05) is 13.6 Å². The first kappa shape index (κ1) is 16.9. The van der Waals surface area contributed by atoms with Crippen LogP contribution in [0.3, 0.4) is 0 Å². The Bertz CT molecular complexity index is 639. The number of amides is 1. The minimum Gasteiger partial charge on any atom is -0.347 e. The Morgan fingerprint density at radius 1 is 1.36 bits per heavy atom. The molecule has 2 N–H and O–H groups in total. The van der Waals surface area contributed by atoms with Gasteiger partial charge in [-0.2, -0.15) is 0 Å². The number of nitrogens with one attached hydrogen (secondary N) is 2. The fourth-order valence-electron chi connectivity index (χ4n) is 2.09. The van der Waals surface area contributed by atoms with E-state index in [0.717, 1.165) is 21.1 Å². The van der Waals surface area contributed by atoms with Crippen LogP contribution in [-0.2, 0) is 4.79 Å². The lowest BCUT2D eigenvalue weighted by atomic mass is 10.1. The van der Waals surface area contributed by atoms with Crippen LogP contribution in [0.25, 0.3) is 11.3 Å². The minimum absolute atomic E-state index is 0.0303. The van der Waals surface area contributed by atoms with Gasteiger partial charge in [-0.1, -0.05) is 23.7 Å². The molecule has 22 heavy (non-hydrogen) atoms. The van der Waals surface area contributed by atoms with E-state index in [1.54, 1.807) is 11.3 Å². The molecule has 0 saturated heterocycles. The summed E-state index contributed by atoms with van der Waals surface area (Å²) in [7, 11) is 1.83. The summed E-state index contributed by atoms with van der Waals surface area (Å²) in [5, 5.41) is 7.57. The predicted molar refractivity (Wildman–Crippen MR) is 92.4 cm³/mol. The summed E-state index contributed by atoms with van der Waals surface area (Å²) in [6.45, 7) is 4.67. The highest BCUT2D eigenvalue weighted by Crippen LogP contribution is 2.31. The number of hydrogen-bond donors (Lipinski definition) is 2. The van der Waals surface area contributed by atoms with Crippen molar-refractivity contribution in [3.63, 3.8) is 0 Å².